The monoisotopic (exact) mass is 197 g/mol. The Labute approximate surface area is 82.9 Å². The molecular formula is C9H15N3O2. The minimum atomic E-state index is -0.0900. The summed E-state index contributed by atoms with van der Waals surface area (Å²) in [5, 5.41) is 5.62. The van der Waals surface area contributed by atoms with Gasteiger partial charge >= 0.3 is 6.01 Å². The molecule has 1 aromatic heterocycles. The fourth-order valence-electron chi connectivity index (χ4n) is 0.972. The minimum Gasteiger partial charge on any atom is -0.432 e. The van der Waals surface area contributed by atoms with E-state index in [-0.39, 0.29) is 11.9 Å². The highest BCUT2D eigenvalue weighted by Crippen LogP contribution is 2.05. The van der Waals surface area contributed by atoms with Gasteiger partial charge in [0, 0.05) is 13.0 Å². The van der Waals surface area contributed by atoms with E-state index in [1.54, 1.807) is 6.92 Å². The SMILES string of the molecule is CCNCCC(=O)Nc1nc(C)co1. The van der Waals surface area contributed by atoms with E-state index in [0.29, 0.717) is 13.0 Å². The van der Waals surface area contributed by atoms with Crippen LogP contribution in [0.25, 0.3) is 0 Å². The molecule has 0 bridgehead atoms. The summed E-state index contributed by atoms with van der Waals surface area (Å²) in [7, 11) is 0. The quantitative estimate of drug-likeness (QED) is 0.689. The van der Waals surface area contributed by atoms with Gasteiger partial charge in [-0.3, -0.25) is 10.1 Å². The van der Waals surface area contributed by atoms with Gasteiger partial charge in [-0.1, -0.05) is 6.92 Å². The van der Waals surface area contributed by atoms with Crippen molar-refractivity contribution in [2.45, 2.75) is 20.3 Å². The van der Waals surface area contributed by atoms with Crippen LogP contribution < -0.4 is 10.6 Å². The molecule has 1 rings (SSSR count). The molecule has 0 spiro atoms. The largest absolute Gasteiger partial charge is 0.432 e. The molecule has 78 valence electrons. The first-order chi connectivity index (χ1) is 6.72. The number of aryl methyl sites for hydroxylation is 1. The predicted molar refractivity (Wildman–Crippen MR) is 53.0 cm³/mol. The molecule has 0 aromatic carbocycles. The summed E-state index contributed by atoms with van der Waals surface area (Å²) in [5.41, 5.74) is 0.756. The third kappa shape index (κ3) is 3.57. The number of nitrogens with zero attached hydrogens (tertiary/aromatic N) is 1. The maximum absolute atomic E-state index is 11.2. The lowest BCUT2D eigenvalue weighted by Gasteiger charge is -2.00. The zero-order valence-electron chi connectivity index (χ0n) is 8.46. The zero-order valence-corrected chi connectivity index (χ0v) is 8.46. The third-order valence-corrected chi connectivity index (χ3v) is 1.64. The normalized spacial score (nSPS) is 10.1. The second-order valence-corrected chi connectivity index (χ2v) is 2.95. The van der Waals surface area contributed by atoms with Crippen LogP contribution in [0, 0.1) is 6.92 Å². The summed E-state index contributed by atoms with van der Waals surface area (Å²) < 4.78 is 4.98. The molecule has 0 radical (unpaired) electrons. The number of carbonyl (C=O) groups excluding carboxylic acids is 1. The van der Waals surface area contributed by atoms with Crippen molar-refractivity contribution in [1.82, 2.24) is 10.3 Å². The minimum absolute atomic E-state index is 0.0900. The first kappa shape index (κ1) is 10.7. The first-order valence-electron chi connectivity index (χ1n) is 4.65. The van der Waals surface area contributed by atoms with Crippen LogP contribution in [0.3, 0.4) is 0 Å². The van der Waals surface area contributed by atoms with Gasteiger partial charge in [0.25, 0.3) is 0 Å². The van der Waals surface area contributed by atoms with Crippen molar-refractivity contribution in [3.8, 4) is 0 Å². The molecule has 0 unspecified atom stereocenters. The molecule has 0 fully saturated rings. The van der Waals surface area contributed by atoms with Gasteiger partial charge in [0.15, 0.2) is 0 Å². The Morgan fingerprint density at radius 3 is 3.00 bits per heavy atom. The number of rotatable bonds is 5. The highest BCUT2D eigenvalue weighted by Gasteiger charge is 2.05. The Bertz CT molecular complexity index is 296. The molecule has 0 atom stereocenters. The smallest absolute Gasteiger partial charge is 0.301 e. The molecule has 0 aliphatic heterocycles. The maximum atomic E-state index is 11.2. The number of aromatic nitrogens is 1. The van der Waals surface area contributed by atoms with Crippen molar-refractivity contribution in [2.24, 2.45) is 0 Å². The van der Waals surface area contributed by atoms with Crippen molar-refractivity contribution in [3.63, 3.8) is 0 Å². The number of carbonyl (C=O) groups is 1. The van der Waals surface area contributed by atoms with E-state index >= 15 is 0 Å². The lowest BCUT2D eigenvalue weighted by molar-refractivity contribution is -0.116. The summed E-state index contributed by atoms with van der Waals surface area (Å²) in [4.78, 5) is 15.2. The second-order valence-electron chi connectivity index (χ2n) is 2.95. The van der Waals surface area contributed by atoms with Gasteiger partial charge in [-0.05, 0) is 13.5 Å². The van der Waals surface area contributed by atoms with Crippen LogP contribution in [0.4, 0.5) is 6.01 Å². The highest BCUT2D eigenvalue weighted by atomic mass is 16.4. The number of nitrogens with one attached hydrogen (secondary N) is 2. The summed E-state index contributed by atoms with van der Waals surface area (Å²) in [5.74, 6) is -0.0900. The summed E-state index contributed by atoms with van der Waals surface area (Å²) in [6.07, 6.45) is 1.93. The van der Waals surface area contributed by atoms with Crippen LogP contribution in [0.5, 0.6) is 0 Å². The molecule has 1 aromatic rings. The van der Waals surface area contributed by atoms with Crippen molar-refractivity contribution in [3.05, 3.63) is 12.0 Å². The molecular weight excluding hydrogens is 182 g/mol. The fraction of sp³-hybridized carbons (Fsp3) is 0.556. The van der Waals surface area contributed by atoms with E-state index in [1.165, 1.54) is 6.26 Å². The Morgan fingerprint density at radius 1 is 1.64 bits per heavy atom. The summed E-state index contributed by atoms with van der Waals surface area (Å²) in [6.45, 7) is 5.33. The summed E-state index contributed by atoms with van der Waals surface area (Å²) in [6, 6.07) is 0.268. The van der Waals surface area contributed by atoms with Gasteiger partial charge in [0.2, 0.25) is 5.91 Å². The van der Waals surface area contributed by atoms with Crippen molar-refractivity contribution >= 4 is 11.9 Å². The molecule has 14 heavy (non-hydrogen) atoms. The van der Waals surface area contributed by atoms with Crippen LogP contribution >= 0.6 is 0 Å². The molecule has 0 aliphatic rings. The van der Waals surface area contributed by atoms with Gasteiger partial charge in [0.1, 0.15) is 6.26 Å². The Hall–Kier alpha value is -1.36. The topological polar surface area (TPSA) is 67.2 Å². The maximum Gasteiger partial charge on any atom is 0.301 e. The van der Waals surface area contributed by atoms with Crippen LogP contribution in [0.1, 0.15) is 19.0 Å². The van der Waals surface area contributed by atoms with E-state index in [2.05, 4.69) is 15.6 Å². The molecule has 0 saturated carbocycles. The molecule has 5 heteroatoms. The lowest BCUT2D eigenvalue weighted by Crippen LogP contribution is -2.21. The Kier molecular flexibility index (Phi) is 4.12. The van der Waals surface area contributed by atoms with Crippen LogP contribution in [-0.2, 0) is 4.79 Å². The number of amides is 1. The standard InChI is InChI=1S/C9H15N3O2/c1-3-10-5-4-8(13)12-9-11-7(2)6-14-9/h6,10H,3-5H2,1-2H3,(H,11,12,13). The zero-order chi connectivity index (χ0) is 10.4. The number of anilines is 1. The van der Waals surface area contributed by atoms with Gasteiger partial charge in [-0.15, -0.1) is 0 Å². The van der Waals surface area contributed by atoms with Gasteiger partial charge in [-0.25, -0.2) is 0 Å². The fourth-order valence-corrected chi connectivity index (χ4v) is 0.972. The Balaban J connectivity index is 2.27. The Morgan fingerprint density at radius 2 is 2.43 bits per heavy atom. The van der Waals surface area contributed by atoms with E-state index < -0.39 is 0 Å². The van der Waals surface area contributed by atoms with E-state index in [0.717, 1.165) is 12.2 Å². The van der Waals surface area contributed by atoms with Crippen molar-refractivity contribution in [2.75, 3.05) is 18.4 Å². The van der Waals surface area contributed by atoms with Crippen molar-refractivity contribution in [1.29, 1.82) is 0 Å². The van der Waals surface area contributed by atoms with Gasteiger partial charge < -0.3 is 9.73 Å². The number of hydrogen-bond acceptors (Lipinski definition) is 4. The molecule has 1 amide bonds. The molecule has 0 aliphatic carbocycles. The lowest BCUT2D eigenvalue weighted by atomic mass is 10.4. The molecule has 1 heterocycles. The van der Waals surface area contributed by atoms with E-state index in [9.17, 15) is 4.79 Å². The van der Waals surface area contributed by atoms with Crippen LogP contribution in [-0.4, -0.2) is 24.0 Å². The predicted octanol–water partition coefficient (Wildman–Crippen LogP) is 0.921. The third-order valence-electron chi connectivity index (χ3n) is 1.64. The average molecular weight is 197 g/mol. The second kappa shape index (κ2) is 5.39. The number of oxazole rings is 1. The van der Waals surface area contributed by atoms with Crippen LogP contribution in [0.15, 0.2) is 10.7 Å². The highest BCUT2D eigenvalue weighted by molar-refractivity contribution is 5.88. The van der Waals surface area contributed by atoms with E-state index in [4.69, 9.17) is 4.42 Å². The molecule has 2 N–H and O–H groups in total. The summed E-state index contributed by atoms with van der Waals surface area (Å²) >= 11 is 0. The van der Waals surface area contributed by atoms with Crippen molar-refractivity contribution < 1.29 is 9.21 Å². The van der Waals surface area contributed by atoms with Gasteiger partial charge in [-0.2, -0.15) is 4.98 Å². The first-order valence-corrected chi connectivity index (χ1v) is 4.65. The van der Waals surface area contributed by atoms with Crippen LogP contribution in [0.2, 0.25) is 0 Å². The average Bonchev–Trinajstić information content (AvgIpc) is 2.52. The molecule has 0 saturated heterocycles. The number of hydrogen-bond donors (Lipinski definition) is 2. The molecule has 5 nitrogen and oxygen atoms in total. The van der Waals surface area contributed by atoms with Gasteiger partial charge in [0.05, 0.1) is 5.69 Å². The van der Waals surface area contributed by atoms with E-state index in [1.807, 2.05) is 6.92 Å².